The second-order valence-corrected chi connectivity index (χ2v) is 8.87. The number of halogens is 1. The molecule has 140 valence electrons. The molecule has 5 nitrogen and oxygen atoms in total. The number of hydrogen-bond donors (Lipinski definition) is 2. The van der Waals surface area contributed by atoms with Crippen LogP contribution in [0.25, 0.3) is 10.2 Å². The number of carbonyl (C=O) groups is 1. The van der Waals surface area contributed by atoms with Gasteiger partial charge in [0.2, 0.25) is 5.91 Å². The molecule has 2 heterocycles. The van der Waals surface area contributed by atoms with Gasteiger partial charge < -0.3 is 10.3 Å². The molecular formula is C19H18ClN3O2S2. The van der Waals surface area contributed by atoms with Crippen molar-refractivity contribution in [2.24, 2.45) is 0 Å². The Bertz CT molecular complexity index is 1060. The molecule has 2 N–H and O–H groups in total. The van der Waals surface area contributed by atoms with Gasteiger partial charge >= 0.3 is 0 Å². The minimum Gasteiger partial charge on any atom is -0.351 e. The molecule has 0 atom stereocenters. The number of H-pyrrole nitrogens is 1. The number of rotatable bonds is 5. The van der Waals surface area contributed by atoms with Crippen molar-refractivity contribution in [1.29, 1.82) is 0 Å². The third kappa shape index (κ3) is 4.05. The van der Waals surface area contributed by atoms with Crippen molar-refractivity contribution < 1.29 is 4.79 Å². The van der Waals surface area contributed by atoms with E-state index in [0.29, 0.717) is 16.7 Å². The summed E-state index contributed by atoms with van der Waals surface area (Å²) < 4.78 is 0. The predicted octanol–water partition coefficient (Wildman–Crippen LogP) is 3.93. The van der Waals surface area contributed by atoms with Crippen LogP contribution in [-0.4, -0.2) is 21.6 Å². The molecule has 0 spiro atoms. The van der Waals surface area contributed by atoms with Crippen molar-refractivity contribution in [2.75, 3.05) is 5.75 Å². The lowest BCUT2D eigenvalue weighted by atomic mass is 9.97. The number of amides is 1. The first kappa shape index (κ1) is 18.5. The molecule has 3 aromatic rings. The number of aromatic amines is 1. The van der Waals surface area contributed by atoms with Gasteiger partial charge in [-0.25, -0.2) is 4.98 Å². The van der Waals surface area contributed by atoms with E-state index in [1.54, 1.807) is 17.4 Å². The largest absolute Gasteiger partial charge is 0.351 e. The van der Waals surface area contributed by atoms with Gasteiger partial charge in [0.15, 0.2) is 5.16 Å². The van der Waals surface area contributed by atoms with Crippen molar-refractivity contribution >= 4 is 50.8 Å². The molecule has 0 saturated heterocycles. The molecule has 0 radical (unpaired) electrons. The lowest BCUT2D eigenvalue weighted by molar-refractivity contribution is -0.118. The maximum Gasteiger partial charge on any atom is 0.260 e. The van der Waals surface area contributed by atoms with Crippen LogP contribution in [0.3, 0.4) is 0 Å². The monoisotopic (exact) mass is 419 g/mol. The topological polar surface area (TPSA) is 74.8 Å². The van der Waals surface area contributed by atoms with Gasteiger partial charge in [0.1, 0.15) is 4.83 Å². The molecule has 1 aliphatic rings. The number of nitrogens with one attached hydrogen (secondary N) is 2. The first-order chi connectivity index (χ1) is 13.1. The van der Waals surface area contributed by atoms with Crippen molar-refractivity contribution in [1.82, 2.24) is 15.3 Å². The highest BCUT2D eigenvalue weighted by Gasteiger charge is 2.20. The average molecular weight is 420 g/mol. The van der Waals surface area contributed by atoms with E-state index >= 15 is 0 Å². The quantitative estimate of drug-likeness (QED) is 0.485. The average Bonchev–Trinajstić information content (AvgIpc) is 3.04. The Morgan fingerprint density at radius 2 is 2.11 bits per heavy atom. The summed E-state index contributed by atoms with van der Waals surface area (Å²) in [6.07, 6.45) is 4.28. The fourth-order valence-corrected chi connectivity index (χ4v) is 5.45. The molecule has 1 aromatic carbocycles. The van der Waals surface area contributed by atoms with Crippen LogP contribution in [-0.2, 0) is 24.2 Å². The lowest BCUT2D eigenvalue weighted by Gasteiger charge is -2.09. The van der Waals surface area contributed by atoms with Crippen molar-refractivity contribution in [3.05, 3.63) is 55.6 Å². The number of hydrogen-bond acceptors (Lipinski definition) is 5. The molecule has 0 saturated carbocycles. The Balaban J connectivity index is 1.42. The number of carbonyl (C=O) groups excluding carboxylic acids is 1. The fraction of sp³-hybridized carbons (Fsp3) is 0.316. The fourth-order valence-electron chi connectivity index (χ4n) is 3.23. The van der Waals surface area contributed by atoms with Crippen molar-refractivity contribution in [3.63, 3.8) is 0 Å². The minimum atomic E-state index is -0.131. The molecule has 2 aromatic heterocycles. The van der Waals surface area contributed by atoms with Crippen LogP contribution in [0.2, 0.25) is 5.02 Å². The van der Waals surface area contributed by atoms with E-state index in [-0.39, 0.29) is 17.2 Å². The third-order valence-corrected chi connectivity index (χ3v) is 7.00. The molecule has 1 amide bonds. The molecule has 8 heteroatoms. The van der Waals surface area contributed by atoms with Gasteiger partial charge in [-0.3, -0.25) is 9.59 Å². The summed E-state index contributed by atoms with van der Waals surface area (Å²) >= 11 is 8.94. The maximum absolute atomic E-state index is 12.5. The standard InChI is InChI=1S/C19H18ClN3O2S2/c20-13-7-3-1-5-11(13)9-21-15(24)10-26-19-22-17(25)16-12-6-2-4-8-14(12)27-18(16)23-19/h1,3,5,7H,2,4,6,8-10H2,(H,21,24)(H,22,23,25). The normalized spacial score (nSPS) is 13.5. The Labute approximate surface area is 169 Å². The molecule has 0 aliphatic heterocycles. The number of aryl methyl sites for hydroxylation is 2. The molecule has 1 aliphatic carbocycles. The Morgan fingerprint density at radius 1 is 1.30 bits per heavy atom. The van der Waals surface area contributed by atoms with Crippen molar-refractivity contribution in [2.45, 2.75) is 37.4 Å². The number of aromatic nitrogens is 2. The van der Waals surface area contributed by atoms with Gasteiger partial charge in [0.25, 0.3) is 5.56 Å². The van der Waals surface area contributed by atoms with Gasteiger partial charge in [0.05, 0.1) is 11.1 Å². The van der Waals surface area contributed by atoms with Gasteiger partial charge in [-0.15, -0.1) is 11.3 Å². The summed E-state index contributed by atoms with van der Waals surface area (Å²) in [4.78, 5) is 34.1. The Hall–Kier alpha value is -1.83. The minimum absolute atomic E-state index is 0.0987. The highest BCUT2D eigenvalue weighted by atomic mass is 35.5. The molecule has 27 heavy (non-hydrogen) atoms. The van der Waals surface area contributed by atoms with Gasteiger partial charge in [0, 0.05) is 16.4 Å². The van der Waals surface area contributed by atoms with E-state index in [1.807, 2.05) is 18.2 Å². The third-order valence-electron chi connectivity index (χ3n) is 4.58. The predicted molar refractivity (Wildman–Crippen MR) is 111 cm³/mol. The van der Waals surface area contributed by atoms with Crippen LogP contribution in [0.15, 0.2) is 34.2 Å². The Morgan fingerprint density at radius 3 is 2.96 bits per heavy atom. The highest BCUT2D eigenvalue weighted by molar-refractivity contribution is 7.99. The number of nitrogens with zero attached hydrogens (tertiary/aromatic N) is 1. The van der Waals surface area contributed by atoms with Gasteiger partial charge in [-0.2, -0.15) is 0 Å². The van der Waals surface area contributed by atoms with Crippen LogP contribution in [0, 0.1) is 0 Å². The zero-order valence-electron chi connectivity index (χ0n) is 14.5. The van der Waals surface area contributed by atoms with Gasteiger partial charge in [-0.1, -0.05) is 41.6 Å². The van der Waals surface area contributed by atoms with Crippen LogP contribution >= 0.6 is 34.7 Å². The van der Waals surface area contributed by atoms with Crippen LogP contribution < -0.4 is 10.9 Å². The molecule has 0 unspecified atom stereocenters. The van der Waals surface area contributed by atoms with E-state index in [9.17, 15) is 9.59 Å². The van der Waals surface area contributed by atoms with E-state index in [1.165, 1.54) is 28.6 Å². The smallest absolute Gasteiger partial charge is 0.260 e. The first-order valence-corrected chi connectivity index (χ1v) is 11.0. The molecule has 0 fully saturated rings. The maximum atomic E-state index is 12.5. The van der Waals surface area contributed by atoms with E-state index in [4.69, 9.17) is 11.6 Å². The SMILES string of the molecule is O=C(CSc1nc2sc3c(c2c(=O)[nH]1)CCCC3)NCc1ccccc1Cl. The second-order valence-electron chi connectivity index (χ2n) is 6.42. The van der Waals surface area contributed by atoms with E-state index < -0.39 is 0 Å². The second kappa shape index (κ2) is 8.04. The number of fused-ring (bicyclic) bond motifs is 3. The molecule has 4 rings (SSSR count). The summed E-state index contributed by atoms with van der Waals surface area (Å²) in [5.41, 5.74) is 1.94. The lowest BCUT2D eigenvalue weighted by Crippen LogP contribution is -2.25. The van der Waals surface area contributed by atoms with Crippen molar-refractivity contribution in [3.8, 4) is 0 Å². The Kier molecular flexibility index (Phi) is 5.52. The first-order valence-electron chi connectivity index (χ1n) is 8.79. The summed E-state index contributed by atoms with van der Waals surface area (Å²) in [6, 6.07) is 7.40. The molecule has 0 bridgehead atoms. The number of benzene rings is 1. The van der Waals surface area contributed by atoms with Crippen LogP contribution in [0.1, 0.15) is 28.8 Å². The molecular weight excluding hydrogens is 402 g/mol. The summed E-state index contributed by atoms with van der Waals surface area (Å²) in [6.45, 7) is 0.375. The highest BCUT2D eigenvalue weighted by Crippen LogP contribution is 2.34. The van der Waals surface area contributed by atoms with E-state index in [2.05, 4.69) is 15.3 Å². The number of thioether (sulfide) groups is 1. The zero-order valence-corrected chi connectivity index (χ0v) is 16.9. The summed E-state index contributed by atoms with van der Waals surface area (Å²) in [5, 5.41) is 4.69. The van der Waals surface area contributed by atoms with Crippen LogP contribution in [0.4, 0.5) is 0 Å². The summed E-state index contributed by atoms with van der Waals surface area (Å²) in [7, 11) is 0. The zero-order chi connectivity index (χ0) is 18.8. The van der Waals surface area contributed by atoms with Crippen LogP contribution in [0.5, 0.6) is 0 Å². The number of thiophene rings is 1. The summed E-state index contributed by atoms with van der Waals surface area (Å²) in [5.74, 6) is 0.0532. The van der Waals surface area contributed by atoms with Gasteiger partial charge in [-0.05, 0) is 42.9 Å². The van der Waals surface area contributed by atoms with E-state index in [0.717, 1.165) is 35.0 Å².